The predicted octanol–water partition coefficient (Wildman–Crippen LogP) is 3.96. The highest BCUT2D eigenvalue weighted by Gasteiger charge is 2.31. The van der Waals surface area contributed by atoms with Crippen LogP contribution in [0.5, 0.6) is 5.75 Å². The first-order chi connectivity index (χ1) is 9.85. The minimum absolute atomic E-state index is 0.195. The molecule has 0 aliphatic rings. The Morgan fingerprint density at radius 3 is 2.76 bits per heavy atom. The van der Waals surface area contributed by atoms with Gasteiger partial charge in [-0.15, -0.1) is 24.5 Å². The molecule has 2 N–H and O–H groups in total. The smallest absolute Gasteiger partial charge is 0.477 e. The number of hydrogen-bond acceptors (Lipinski definition) is 4. The first kappa shape index (κ1) is 15.2. The molecule has 0 bridgehead atoms. The van der Waals surface area contributed by atoms with Crippen molar-refractivity contribution >= 4 is 23.0 Å². The van der Waals surface area contributed by atoms with Crippen LogP contribution >= 0.6 is 11.3 Å². The van der Waals surface area contributed by atoms with Gasteiger partial charge in [0, 0.05) is 18.3 Å². The van der Waals surface area contributed by atoms with Gasteiger partial charge in [-0.25, -0.2) is 4.79 Å². The molecule has 1 aromatic heterocycles. The number of hydrogen-bond donors (Lipinski definition) is 2. The highest BCUT2D eigenvalue weighted by Crippen LogP contribution is 2.25. The lowest BCUT2D eigenvalue weighted by Gasteiger charge is -2.11. The van der Waals surface area contributed by atoms with Gasteiger partial charge in [0.25, 0.3) is 0 Å². The maximum absolute atomic E-state index is 12.1. The van der Waals surface area contributed by atoms with Crippen LogP contribution in [-0.4, -0.2) is 17.4 Å². The quantitative estimate of drug-likeness (QED) is 0.876. The zero-order valence-electron chi connectivity index (χ0n) is 10.5. The van der Waals surface area contributed by atoms with Gasteiger partial charge in [0.2, 0.25) is 0 Å². The zero-order valence-corrected chi connectivity index (χ0v) is 11.3. The Bertz CT molecular complexity index is 640. The third-order valence-corrected chi connectivity index (χ3v) is 3.44. The minimum atomic E-state index is -4.75. The van der Waals surface area contributed by atoms with E-state index in [4.69, 9.17) is 5.11 Å². The van der Waals surface area contributed by atoms with Crippen LogP contribution in [-0.2, 0) is 6.54 Å². The molecule has 1 aromatic carbocycles. The highest BCUT2D eigenvalue weighted by molar-refractivity contribution is 7.12. The van der Waals surface area contributed by atoms with Crippen molar-refractivity contribution in [3.05, 3.63) is 46.2 Å². The summed E-state index contributed by atoms with van der Waals surface area (Å²) in [6.07, 6.45) is -4.75. The Labute approximate surface area is 121 Å². The maximum atomic E-state index is 12.1. The van der Waals surface area contributed by atoms with Crippen LogP contribution < -0.4 is 10.1 Å². The summed E-state index contributed by atoms with van der Waals surface area (Å²) < 4.78 is 40.2. The number of alkyl halides is 3. The van der Waals surface area contributed by atoms with Crippen LogP contribution in [0.4, 0.5) is 18.9 Å². The standard InChI is InChI=1S/C13H10F3NO3S/c14-13(15,16)20-10-3-1-2-9(6-10)17-7-8-4-5-21-11(8)12(18)19/h1-6,17H,7H2,(H,18,19). The Balaban J connectivity index is 2.05. The van der Waals surface area contributed by atoms with Crippen LogP contribution in [0.2, 0.25) is 0 Å². The third kappa shape index (κ3) is 4.38. The molecule has 2 rings (SSSR count). The Hall–Kier alpha value is -2.22. The number of anilines is 1. The number of ether oxygens (including phenoxy) is 1. The molecular weight excluding hydrogens is 307 g/mol. The Morgan fingerprint density at radius 1 is 1.33 bits per heavy atom. The van der Waals surface area contributed by atoms with Crippen molar-refractivity contribution in [3.63, 3.8) is 0 Å². The summed E-state index contributed by atoms with van der Waals surface area (Å²) in [5.74, 6) is -1.37. The molecule has 0 fully saturated rings. The van der Waals surface area contributed by atoms with E-state index in [2.05, 4.69) is 10.1 Å². The summed E-state index contributed by atoms with van der Waals surface area (Å²) in [6.45, 7) is 0.195. The van der Waals surface area contributed by atoms with Crippen molar-refractivity contribution in [1.82, 2.24) is 0 Å². The first-order valence-electron chi connectivity index (χ1n) is 5.74. The van der Waals surface area contributed by atoms with E-state index in [0.29, 0.717) is 11.3 Å². The molecule has 0 radical (unpaired) electrons. The summed E-state index contributed by atoms with van der Waals surface area (Å²) in [7, 11) is 0. The molecule has 0 amide bonds. The number of rotatable bonds is 5. The van der Waals surface area contributed by atoms with Crippen molar-refractivity contribution in [2.75, 3.05) is 5.32 Å². The normalized spacial score (nSPS) is 11.2. The second kappa shape index (κ2) is 6.04. The SMILES string of the molecule is O=C(O)c1sccc1CNc1cccc(OC(F)(F)F)c1. The summed E-state index contributed by atoms with van der Waals surface area (Å²) in [5.41, 5.74) is 0.967. The molecule has 21 heavy (non-hydrogen) atoms. The van der Waals surface area contributed by atoms with E-state index in [9.17, 15) is 18.0 Å². The van der Waals surface area contributed by atoms with Gasteiger partial charge < -0.3 is 15.2 Å². The number of halogens is 3. The summed E-state index contributed by atoms with van der Waals surface area (Å²) in [4.78, 5) is 11.1. The average molecular weight is 317 g/mol. The summed E-state index contributed by atoms with van der Waals surface area (Å²) in [6, 6.07) is 7.01. The van der Waals surface area contributed by atoms with Crippen molar-refractivity contribution in [2.24, 2.45) is 0 Å². The van der Waals surface area contributed by atoms with E-state index < -0.39 is 12.3 Å². The van der Waals surface area contributed by atoms with Gasteiger partial charge in [-0.05, 0) is 29.1 Å². The van der Waals surface area contributed by atoms with E-state index >= 15 is 0 Å². The molecular formula is C13H10F3NO3S. The largest absolute Gasteiger partial charge is 0.573 e. The number of thiophene rings is 1. The van der Waals surface area contributed by atoms with E-state index in [1.54, 1.807) is 17.5 Å². The topological polar surface area (TPSA) is 58.6 Å². The predicted molar refractivity (Wildman–Crippen MR) is 71.7 cm³/mol. The molecule has 0 aliphatic carbocycles. The van der Waals surface area contributed by atoms with Crippen LogP contribution in [0.25, 0.3) is 0 Å². The molecule has 1 heterocycles. The fourth-order valence-electron chi connectivity index (χ4n) is 1.66. The van der Waals surface area contributed by atoms with Gasteiger partial charge in [0.1, 0.15) is 10.6 Å². The molecule has 0 saturated carbocycles. The third-order valence-electron chi connectivity index (χ3n) is 2.49. The molecule has 0 aliphatic heterocycles. The van der Waals surface area contributed by atoms with Gasteiger partial charge >= 0.3 is 12.3 Å². The zero-order chi connectivity index (χ0) is 15.5. The summed E-state index contributed by atoms with van der Waals surface area (Å²) in [5, 5.41) is 13.5. The maximum Gasteiger partial charge on any atom is 0.573 e. The molecule has 0 saturated heterocycles. The van der Waals surface area contributed by atoms with Gasteiger partial charge in [0.15, 0.2) is 0 Å². The monoisotopic (exact) mass is 317 g/mol. The Morgan fingerprint density at radius 2 is 2.10 bits per heavy atom. The van der Waals surface area contributed by atoms with Crippen LogP contribution in [0, 0.1) is 0 Å². The first-order valence-corrected chi connectivity index (χ1v) is 6.62. The van der Waals surface area contributed by atoms with Gasteiger partial charge in [-0.3, -0.25) is 0 Å². The lowest BCUT2D eigenvalue weighted by atomic mass is 10.2. The molecule has 2 aromatic rings. The van der Waals surface area contributed by atoms with Gasteiger partial charge in [-0.2, -0.15) is 0 Å². The van der Waals surface area contributed by atoms with E-state index in [-0.39, 0.29) is 17.2 Å². The molecule has 4 nitrogen and oxygen atoms in total. The molecule has 0 spiro atoms. The van der Waals surface area contributed by atoms with Crippen LogP contribution in [0.15, 0.2) is 35.7 Å². The van der Waals surface area contributed by atoms with E-state index in [1.165, 1.54) is 18.2 Å². The molecule has 8 heteroatoms. The fourth-order valence-corrected chi connectivity index (χ4v) is 2.42. The van der Waals surface area contributed by atoms with Gasteiger partial charge in [0.05, 0.1) is 0 Å². The number of benzene rings is 1. The number of aromatic carboxylic acids is 1. The number of carbonyl (C=O) groups is 1. The lowest BCUT2D eigenvalue weighted by molar-refractivity contribution is -0.274. The number of nitrogens with one attached hydrogen (secondary N) is 1. The number of carboxylic acid groups (broad SMARTS) is 1. The van der Waals surface area contributed by atoms with E-state index in [1.807, 2.05) is 0 Å². The Kier molecular flexibility index (Phi) is 4.37. The fraction of sp³-hybridized carbons (Fsp3) is 0.154. The minimum Gasteiger partial charge on any atom is -0.477 e. The van der Waals surface area contributed by atoms with Crippen molar-refractivity contribution in [2.45, 2.75) is 12.9 Å². The van der Waals surface area contributed by atoms with Crippen molar-refractivity contribution in [3.8, 4) is 5.75 Å². The van der Waals surface area contributed by atoms with Crippen molar-refractivity contribution < 1.29 is 27.8 Å². The molecule has 112 valence electrons. The van der Waals surface area contributed by atoms with E-state index in [0.717, 1.165) is 11.3 Å². The lowest BCUT2D eigenvalue weighted by Crippen LogP contribution is -2.17. The summed E-state index contributed by atoms with van der Waals surface area (Å²) >= 11 is 1.09. The number of carboxylic acids is 1. The van der Waals surface area contributed by atoms with Crippen LogP contribution in [0.3, 0.4) is 0 Å². The second-order valence-corrected chi connectivity index (χ2v) is 4.93. The molecule has 0 unspecified atom stereocenters. The van der Waals surface area contributed by atoms with Crippen molar-refractivity contribution in [1.29, 1.82) is 0 Å². The second-order valence-electron chi connectivity index (χ2n) is 4.01. The average Bonchev–Trinajstić information content (AvgIpc) is 2.83. The van der Waals surface area contributed by atoms with Crippen LogP contribution in [0.1, 0.15) is 15.2 Å². The highest BCUT2D eigenvalue weighted by atomic mass is 32.1. The molecule has 0 atom stereocenters. The van der Waals surface area contributed by atoms with Gasteiger partial charge in [-0.1, -0.05) is 6.07 Å².